The van der Waals surface area contributed by atoms with Crippen molar-refractivity contribution in [2.75, 3.05) is 25.5 Å². The molecule has 1 aromatic heterocycles. The fourth-order valence-electron chi connectivity index (χ4n) is 3.58. The molecule has 0 saturated carbocycles. The maximum atomic E-state index is 13.0. The van der Waals surface area contributed by atoms with Gasteiger partial charge in [-0.05, 0) is 41.8 Å². The average Bonchev–Trinajstić information content (AvgIpc) is 3.40. The van der Waals surface area contributed by atoms with Crippen LogP contribution in [0.25, 0.3) is 0 Å². The minimum absolute atomic E-state index is 0.0512. The first-order chi connectivity index (χ1) is 15.5. The highest BCUT2D eigenvalue weighted by Gasteiger charge is 2.34. The van der Waals surface area contributed by atoms with Crippen LogP contribution in [0, 0.1) is 11.7 Å². The zero-order valence-corrected chi connectivity index (χ0v) is 18.4. The Balaban J connectivity index is 1.28. The SMILES string of the molecule is COc1ccc(Cc2nnc(NC(=O)[C@@H]3CC(=O)N(CCc4ccc(F)cc4)C3)s2)cc1. The van der Waals surface area contributed by atoms with Crippen molar-refractivity contribution in [3.05, 3.63) is 70.5 Å². The van der Waals surface area contributed by atoms with Gasteiger partial charge < -0.3 is 15.0 Å². The van der Waals surface area contributed by atoms with Gasteiger partial charge in [0.05, 0.1) is 13.0 Å². The highest BCUT2D eigenvalue weighted by molar-refractivity contribution is 7.15. The minimum atomic E-state index is -0.426. The molecule has 2 aromatic carbocycles. The quantitative estimate of drug-likeness (QED) is 0.565. The molecule has 1 aliphatic heterocycles. The Kier molecular flexibility index (Phi) is 6.75. The molecule has 0 spiro atoms. The fraction of sp³-hybridized carbons (Fsp3) is 0.304. The number of hydrogen-bond acceptors (Lipinski definition) is 6. The first-order valence-electron chi connectivity index (χ1n) is 10.3. The lowest BCUT2D eigenvalue weighted by molar-refractivity contribution is -0.128. The number of ether oxygens (including phenoxy) is 1. The van der Waals surface area contributed by atoms with Crippen molar-refractivity contribution < 1.29 is 18.7 Å². The van der Waals surface area contributed by atoms with E-state index in [0.29, 0.717) is 31.1 Å². The largest absolute Gasteiger partial charge is 0.497 e. The van der Waals surface area contributed by atoms with Gasteiger partial charge in [-0.3, -0.25) is 9.59 Å². The summed E-state index contributed by atoms with van der Waals surface area (Å²) in [5, 5.41) is 12.2. The monoisotopic (exact) mass is 454 g/mol. The summed E-state index contributed by atoms with van der Waals surface area (Å²) in [5.41, 5.74) is 2.02. The van der Waals surface area contributed by atoms with E-state index < -0.39 is 5.92 Å². The molecular formula is C23H23FN4O3S. The lowest BCUT2D eigenvalue weighted by Gasteiger charge is -2.16. The molecule has 1 atom stereocenters. The topological polar surface area (TPSA) is 84.4 Å². The van der Waals surface area contributed by atoms with Crippen LogP contribution in [0.4, 0.5) is 9.52 Å². The number of amides is 2. The molecule has 2 heterocycles. The lowest BCUT2D eigenvalue weighted by Crippen LogP contribution is -2.30. The molecule has 0 unspecified atom stereocenters. The Bertz CT molecular complexity index is 1090. The second-order valence-corrected chi connectivity index (χ2v) is 8.69. The number of aromatic nitrogens is 2. The molecule has 4 rings (SSSR count). The molecule has 3 aromatic rings. The molecule has 0 radical (unpaired) electrons. The maximum Gasteiger partial charge on any atom is 0.231 e. The van der Waals surface area contributed by atoms with Crippen molar-refractivity contribution in [3.8, 4) is 5.75 Å². The van der Waals surface area contributed by atoms with E-state index >= 15 is 0 Å². The molecule has 1 aliphatic rings. The molecule has 2 amide bonds. The number of carbonyl (C=O) groups excluding carboxylic acids is 2. The predicted molar refractivity (Wildman–Crippen MR) is 119 cm³/mol. The van der Waals surface area contributed by atoms with Gasteiger partial charge >= 0.3 is 0 Å². The van der Waals surface area contributed by atoms with Gasteiger partial charge in [-0.15, -0.1) is 10.2 Å². The molecule has 1 saturated heterocycles. The summed E-state index contributed by atoms with van der Waals surface area (Å²) in [5.74, 6) is -0.201. The summed E-state index contributed by atoms with van der Waals surface area (Å²) in [6, 6.07) is 13.9. The first-order valence-corrected chi connectivity index (χ1v) is 11.1. The normalized spacial score (nSPS) is 15.8. The Hall–Kier alpha value is -3.33. The van der Waals surface area contributed by atoms with Crippen molar-refractivity contribution in [2.45, 2.75) is 19.3 Å². The van der Waals surface area contributed by atoms with Gasteiger partial charge in [0.15, 0.2) is 0 Å². The van der Waals surface area contributed by atoms with Gasteiger partial charge in [0.25, 0.3) is 0 Å². The van der Waals surface area contributed by atoms with Crippen LogP contribution >= 0.6 is 11.3 Å². The summed E-state index contributed by atoms with van der Waals surface area (Å²) in [4.78, 5) is 26.7. The highest BCUT2D eigenvalue weighted by Crippen LogP contribution is 2.23. The van der Waals surface area contributed by atoms with Gasteiger partial charge in [0.2, 0.25) is 16.9 Å². The third kappa shape index (κ3) is 5.47. The summed E-state index contributed by atoms with van der Waals surface area (Å²) >= 11 is 1.32. The predicted octanol–water partition coefficient (Wildman–Crippen LogP) is 3.31. The van der Waals surface area contributed by atoms with Gasteiger partial charge in [0.1, 0.15) is 16.6 Å². The van der Waals surface area contributed by atoms with Crippen LogP contribution < -0.4 is 10.1 Å². The van der Waals surface area contributed by atoms with E-state index in [0.717, 1.165) is 21.9 Å². The molecule has 32 heavy (non-hydrogen) atoms. The van der Waals surface area contributed by atoms with E-state index in [4.69, 9.17) is 4.74 Å². The molecular weight excluding hydrogens is 431 g/mol. The zero-order chi connectivity index (χ0) is 22.5. The first kappa shape index (κ1) is 21.9. The lowest BCUT2D eigenvalue weighted by atomic mass is 10.1. The number of benzene rings is 2. The number of hydrogen-bond donors (Lipinski definition) is 1. The molecule has 1 N–H and O–H groups in total. The molecule has 1 fully saturated rings. The number of nitrogens with one attached hydrogen (secondary N) is 1. The van der Waals surface area contributed by atoms with Crippen molar-refractivity contribution >= 4 is 28.3 Å². The summed E-state index contributed by atoms with van der Waals surface area (Å²) in [6.45, 7) is 0.864. The van der Waals surface area contributed by atoms with E-state index in [1.807, 2.05) is 24.3 Å². The Morgan fingerprint density at radius 1 is 1.16 bits per heavy atom. The minimum Gasteiger partial charge on any atom is -0.497 e. The number of carbonyl (C=O) groups is 2. The molecule has 0 bridgehead atoms. The van der Waals surface area contributed by atoms with Crippen LogP contribution in [0.3, 0.4) is 0 Å². The van der Waals surface area contributed by atoms with E-state index in [1.165, 1.54) is 23.5 Å². The van der Waals surface area contributed by atoms with E-state index in [1.54, 1.807) is 24.1 Å². The van der Waals surface area contributed by atoms with E-state index in [2.05, 4.69) is 15.5 Å². The standard InChI is InChI=1S/C23H23FN4O3S/c1-31-19-8-4-16(5-9-19)12-20-26-27-23(32-20)25-22(30)17-13-21(29)28(14-17)11-10-15-2-6-18(24)7-3-15/h2-9,17H,10-14H2,1H3,(H,25,27,30)/t17-/m1/s1. The zero-order valence-electron chi connectivity index (χ0n) is 17.6. The van der Waals surface area contributed by atoms with Gasteiger partial charge in [-0.2, -0.15) is 0 Å². The van der Waals surface area contributed by atoms with Crippen molar-refractivity contribution in [1.29, 1.82) is 0 Å². The van der Waals surface area contributed by atoms with Crippen LogP contribution in [0.1, 0.15) is 22.6 Å². The molecule has 166 valence electrons. The van der Waals surface area contributed by atoms with Crippen LogP contribution in [-0.2, 0) is 22.4 Å². The second-order valence-electron chi connectivity index (χ2n) is 7.63. The van der Waals surface area contributed by atoms with Gasteiger partial charge in [-0.25, -0.2) is 4.39 Å². The second kappa shape index (κ2) is 9.86. The number of rotatable bonds is 8. The molecule has 0 aliphatic carbocycles. The van der Waals surface area contributed by atoms with E-state index in [9.17, 15) is 14.0 Å². The average molecular weight is 455 g/mol. The number of methoxy groups -OCH3 is 1. The number of anilines is 1. The van der Waals surface area contributed by atoms with Gasteiger partial charge in [-0.1, -0.05) is 35.6 Å². The summed E-state index contributed by atoms with van der Waals surface area (Å²) in [6.07, 6.45) is 1.40. The molecule has 7 nitrogen and oxygen atoms in total. The van der Waals surface area contributed by atoms with Crippen molar-refractivity contribution in [2.24, 2.45) is 5.92 Å². The van der Waals surface area contributed by atoms with Crippen molar-refractivity contribution in [3.63, 3.8) is 0 Å². The molecule has 9 heteroatoms. The number of halogens is 1. The number of likely N-dealkylation sites (tertiary alicyclic amines) is 1. The van der Waals surface area contributed by atoms with Crippen LogP contribution in [0.2, 0.25) is 0 Å². The van der Waals surface area contributed by atoms with Crippen LogP contribution in [-0.4, -0.2) is 47.1 Å². The summed E-state index contributed by atoms with van der Waals surface area (Å²) in [7, 11) is 1.62. The van der Waals surface area contributed by atoms with E-state index in [-0.39, 0.29) is 24.1 Å². The van der Waals surface area contributed by atoms with Gasteiger partial charge in [0, 0.05) is 25.9 Å². The fourth-order valence-corrected chi connectivity index (χ4v) is 4.36. The van der Waals surface area contributed by atoms with Crippen molar-refractivity contribution in [1.82, 2.24) is 15.1 Å². The Labute approximate surface area is 189 Å². The number of nitrogens with zero attached hydrogens (tertiary/aromatic N) is 3. The third-order valence-electron chi connectivity index (χ3n) is 5.38. The van der Waals surface area contributed by atoms with Crippen LogP contribution in [0.15, 0.2) is 48.5 Å². The smallest absolute Gasteiger partial charge is 0.231 e. The Morgan fingerprint density at radius 3 is 2.59 bits per heavy atom. The third-order valence-corrected chi connectivity index (χ3v) is 6.22. The maximum absolute atomic E-state index is 13.0. The summed E-state index contributed by atoms with van der Waals surface area (Å²) < 4.78 is 18.2. The Morgan fingerprint density at radius 2 is 1.88 bits per heavy atom. The van der Waals surface area contributed by atoms with Crippen LogP contribution in [0.5, 0.6) is 5.75 Å². The highest BCUT2D eigenvalue weighted by atomic mass is 32.1.